The Hall–Kier alpha value is -1.43. The predicted octanol–water partition coefficient (Wildman–Crippen LogP) is 2.32. The highest BCUT2D eigenvalue weighted by molar-refractivity contribution is 5.77. The molecule has 2 heterocycles. The van der Waals surface area contributed by atoms with Gasteiger partial charge in [-0.2, -0.15) is 0 Å². The minimum Gasteiger partial charge on any atom is -0.368 e. The highest BCUT2D eigenvalue weighted by Gasteiger charge is 2.31. The van der Waals surface area contributed by atoms with Crippen LogP contribution in [0.4, 0.5) is 0 Å². The summed E-state index contributed by atoms with van der Waals surface area (Å²) in [4.78, 5) is 12.1. The van der Waals surface area contributed by atoms with Crippen molar-refractivity contribution in [1.82, 2.24) is 20.1 Å². The van der Waals surface area contributed by atoms with Crippen LogP contribution in [0.1, 0.15) is 58.1 Å². The van der Waals surface area contributed by atoms with Crippen molar-refractivity contribution >= 4 is 5.91 Å². The maximum absolute atomic E-state index is 12.1. The summed E-state index contributed by atoms with van der Waals surface area (Å²) >= 11 is 0. The Morgan fingerprint density at radius 3 is 3.00 bits per heavy atom. The molecular formula is C18H30N4O2. The third-order valence-electron chi connectivity index (χ3n) is 5.52. The molecule has 1 fully saturated rings. The van der Waals surface area contributed by atoms with Gasteiger partial charge in [-0.05, 0) is 37.0 Å². The van der Waals surface area contributed by atoms with Crippen LogP contribution in [0.3, 0.4) is 0 Å². The third-order valence-corrected chi connectivity index (χ3v) is 5.52. The smallest absolute Gasteiger partial charge is 0.246 e. The second kappa shape index (κ2) is 7.64. The van der Waals surface area contributed by atoms with E-state index in [0.717, 1.165) is 37.5 Å². The zero-order chi connectivity index (χ0) is 17.1. The largest absolute Gasteiger partial charge is 0.368 e. The minimum atomic E-state index is -0.0638. The Bertz CT molecular complexity index is 569. The first-order chi connectivity index (χ1) is 11.5. The highest BCUT2D eigenvalue weighted by atomic mass is 16.5. The van der Waals surface area contributed by atoms with Gasteiger partial charge in [0.1, 0.15) is 12.4 Å². The molecular weight excluding hydrogens is 304 g/mol. The lowest BCUT2D eigenvalue weighted by Crippen LogP contribution is -2.37. The number of fused-ring (bicyclic) bond motifs is 1. The molecule has 2 aliphatic rings. The number of hydrogen-bond acceptors (Lipinski definition) is 4. The highest BCUT2D eigenvalue weighted by Crippen LogP contribution is 2.35. The number of rotatable bonds is 6. The molecule has 134 valence electrons. The maximum Gasteiger partial charge on any atom is 0.246 e. The molecule has 0 spiro atoms. The first-order valence-corrected chi connectivity index (χ1v) is 9.34. The molecule has 1 aliphatic carbocycles. The van der Waals surface area contributed by atoms with Gasteiger partial charge in [0.05, 0.1) is 12.6 Å². The normalized spacial score (nSPS) is 26.6. The predicted molar refractivity (Wildman–Crippen MR) is 91.3 cm³/mol. The van der Waals surface area contributed by atoms with Crippen molar-refractivity contribution in [2.45, 2.75) is 72.1 Å². The van der Waals surface area contributed by atoms with Gasteiger partial charge < -0.3 is 14.6 Å². The molecule has 1 aliphatic heterocycles. The fourth-order valence-electron chi connectivity index (χ4n) is 4.06. The summed E-state index contributed by atoms with van der Waals surface area (Å²) in [6.07, 6.45) is 5.85. The van der Waals surface area contributed by atoms with Crippen LogP contribution >= 0.6 is 0 Å². The SMILES string of the molecule is CC(C)[C@H]1CC[C@@H](C)C[C@H]1OCC(=O)NCc1nnc2n1CCC2. The van der Waals surface area contributed by atoms with Crippen LogP contribution in [-0.2, 0) is 29.0 Å². The molecule has 0 radical (unpaired) electrons. The average Bonchev–Trinajstić information content (AvgIpc) is 3.14. The molecule has 1 saturated carbocycles. The number of aryl methyl sites for hydroxylation is 1. The van der Waals surface area contributed by atoms with Gasteiger partial charge in [0.15, 0.2) is 5.82 Å². The molecule has 0 unspecified atom stereocenters. The van der Waals surface area contributed by atoms with Crippen molar-refractivity contribution in [3.8, 4) is 0 Å². The quantitative estimate of drug-likeness (QED) is 0.867. The van der Waals surface area contributed by atoms with Crippen LogP contribution in [0.25, 0.3) is 0 Å². The lowest BCUT2D eigenvalue weighted by Gasteiger charge is -2.37. The number of aromatic nitrogens is 3. The van der Waals surface area contributed by atoms with Crippen molar-refractivity contribution in [3.63, 3.8) is 0 Å². The number of ether oxygens (including phenoxy) is 1. The van der Waals surface area contributed by atoms with Crippen molar-refractivity contribution in [2.75, 3.05) is 6.61 Å². The van der Waals surface area contributed by atoms with E-state index in [1.807, 2.05) is 0 Å². The van der Waals surface area contributed by atoms with Gasteiger partial charge in [0.25, 0.3) is 0 Å². The molecule has 0 bridgehead atoms. The Labute approximate surface area is 144 Å². The number of carbonyl (C=O) groups excluding carboxylic acids is 1. The molecule has 3 rings (SSSR count). The van der Waals surface area contributed by atoms with Crippen LogP contribution < -0.4 is 5.32 Å². The molecule has 0 saturated heterocycles. The molecule has 1 aromatic rings. The molecule has 3 atom stereocenters. The zero-order valence-corrected chi connectivity index (χ0v) is 15.1. The number of nitrogens with zero attached hydrogens (tertiary/aromatic N) is 3. The van der Waals surface area contributed by atoms with E-state index in [1.165, 1.54) is 12.8 Å². The van der Waals surface area contributed by atoms with Gasteiger partial charge in [0.2, 0.25) is 5.91 Å². The van der Waals surface area contributed by atoms with Crippen molar-refractivity contribution in [1.29, 1.82) is 0 Å². The van der Waals surface area contributed by atoms with Gasteiger partial charge >= 0.3 is 0 Å². The third kappa shape index (κ3) is 3.97. The first kappa shape index (κ1) is 17.4. The number of carbonyl (C=O) groups is 1. The fourth-order valence-corrected chi connectivity index (χ4v) is 4.06. The fraction of sp³-hybridized carbons (Fsp3) is 0.833. The van der Waals surface area contributed by atoms with E-state index in [4.69, 9.17) is 4.74 Å². The molecule has 6 nitrogen and oxygen atoms in total. The molecule has 6 heteroatoms. The van der Waals surface area contributed by atoms with E-state index < -0.39 is 0 Å². The van der Waals surface area contributed by atoms with Gasteiger partial charge in [-0.1, -0.05) is 27.2 Å². The second-order valence-electron chi connectivity index (χ2n) is 7.74. The van der Waals surface area contributed by atoms with E-state index in [-0.39, 0.29) is 18.6 Å². The van der Waals surface area contributed by atoms with Crippen LogP contribution in [0.2, 0.25) is 0 Å². The van der Waals surface area contributed by atoms with E-state index in [9.17, 15) is 4.79 Å². The van der Waals surface area contributed by atoms with Gasteiger partial charge in [0, 0.05) is 13.0 Å². The zero-order valence-electron chi connectivity index (χ0n) is 15.1. The number of nitrogens with one attached hydrogen (secondary N) is 1. The summed E-state index contributed by atoms with van der Waals surface area (Å²) in [5.74, 6) is 3.67. The Balaban J connectivity index is 1.46. The second-order valence-corrected chi connectivity index (χ2v) is 7.74. The summed E-state index contributed by atoms with van der Waals surface area (Å²) in [7, 11) is 0. The van der Waals surface area contributed by atoms with Crippen molar-refractivity contribution in [3.05, 3.63) is 11.6 Å². The van der Waals surface area contributed by atoms with Crippen LogP contribution in [0.5, 0.6) is 0 Å². The lowest BCUT2D eigenvalue weighted by atomic mass is 9.75. The summed E-state index contributed by atoms with van der Waals surface area (Å²) in [6, 6.07) is 0. The Morgan fingerprint density at radius 2 is 2.21 bits per heavy atom. The molecule has 1 aromatic heterocycles. The monoisotopic (exact) mass is 334 g/mol. The van der Waals surface area contributed by atoms with E-state index in [0.29, 0.717) is 24.3 Å². The Kier molecular flexibility index (Phi) is 5.54. The van der Waals surface area contributed by atoms with E-state index >= 15 is 0 Å². The van der Waals surface area contributed by atoms with Crippen molar-refractivity contribution < 1.29 is 9.53 Å². The Morgan fingerprint density at radius 1 is 1.38 bits per heavy atom. The lowest BCUT2D eigenvalue weighted by molar-refractivity contribution is -0.131. The van der Waals surface area contributed by atoms with Gasteiger partial charge in [-0.15, -0.1) is 10.2 Å². The molecule has 1 amide bonds. The summed E-state index contributed by atoms with van der Waals surface area (Å²) in [5, 5.41) is 11.2. The number of hydrogen-bond donors (Lipinski definition) is 1. The first-order valence-electron chi connectivity index (χ1n) is 9.34. The molecule has 0 aromatic carbocycles. The summed E-state index contributed by atoms with van der Waals surface area (Å²) in [6.45, 7) is 8.32. The molecule has 24 heavy (non-hydrogen) atoms. The van der Waals surface area contributed by atoms with Crippen molar-refractivity contribution in [2.24, 2.45) is 17.8 Å². The minimum absolute atomic E-state index is 0.0638. The van der Waals surface area contributed by atoms with Crippen LogP contribution in [0.15, 0.2) is 0 Å². The summed E-state index contributed by atoms with van der Waals surface area (Å²) < 4.78 is 8.11. The van der Waals surface area contributed by atoms with Crippen LogP contribution in [0, 0.1) is 17.8 Å². The summed E-state index contributed by atoms with van der Waals surface area (Å²) in [5.41, 5.74) is 0. The average molecular weight is 334 g/mol. The standard InChI is InChI=1S/C18H30N4O2/c1-12(2)14-7-6-13(3)9-15(14)24-11-18(23)19-10-17-21-20-16-5-4-8-22(16)17/h12-15H,4-11H2,1-3H3,(H,19,23)/t13-,14-,15-/m1/s1. The maximum atomic E-state index is 12.1. The van der Waals surface area contributed by atoms with E-state index in [2.05, 4.69) is 40.9 Å². The van der Waals surface area contributed by atoms with Gasteiger partial charge in [-0.25, -0.2) is 0 Å². The topological polar surface area (TPSA) is 69.0 Å². The molecule has 1 N–H and O–H groups in total. The van der Waals surface area contributed by atoms with Gasteiger partial charge in [-0.3, -0.25) is 4.79 Å². The van der Waals surface area contributed by atoms with Crippen LogP contribution in [-0.4, -0.2) is 33.4 Å². The number of amides is 1. The van der Waals surface area contributed by atoms with E-state index in [1.54, 1.807) is 0 Å².